The van der Waals surface area contributed by atoms with Gasteiger partial charge in [0.15, 0.2) is 28.8 Å². The summed E-state index contributed by atoms with van der Waals surface area (Å²) >= 11 is 0. The number of carbonyl (C=O) groups excluding carboxylic acids is 4. The van der Waals surface area contributed by atoms with Gasteiger partial charge in [-0.2, -0.15) is 0 Å². The van der Waals surface area contributed by atoms with Gasteiger partial charge in [-0.1, -0.05) is 60.7 Å². The van der Waals surface area contributed by atoms with Gasteiger partial charge in [-0.25, -0.2) is 0 Å². The van der Waals surface area contributed by atoms with Crippen molar-refractivity contribution >= 4 is 34.6 Å². The number of benzene rings is 4. The second-order valence-electron chi connectivity index (χ2n) is 12.0. The van der Waals surface area contributed by atoms with Crippen molar-refractivity contribution in [2.24, 2.45) is 0 Å². The number of anilines is 2. The number of nitrogens with zero attached hydrogens (tertiary/aromatic N) is 3. The van der Waals surface area contributed by atoms with Crippen LogP contribution in [0.2, 0.25) is 0 Å². The molecule has 1 amide bonds. The number of hydrogen-bond acceptors (Lipinski definition) is 9. The fraction of sp³-hybridized carbons (Fsp3) is 0.300. The van der Waals surface area contributed by atoms with Gasteiger partial charge < -0.3 is 30.2 Å². The summed E-state index contributed by atoms with van der Waals surface area (Å²) in [5, 5.41) is 26.4. The van der Waals surface area contributed by atoms with Gasteiger partial charge >= 0.3 is 0 Å². The summed E-state index contributed by atoms with van der Waals surface area (Å²) in [6.45, 7) is 10.6. The van der Waals surface area contributed by atoms with Gasteiger partial charge in [0.2, 0.25) is 0 Å². The number of ketones is 3. The van der Waals surface area contributed by atoms with Crippen LogP contribution in [0, 0.1) is 0 Å². The Labute approximate surface area is 292 Å². The standard InChI is InChI=1S/C40H44N4O6/c1-5-42(6-2)30-21-19-28(33(38(30)48)35(45)26-15-11-9-12-16-26)37(47)32-25-41-23-24-44(32)40(50)29-20-22-31(43(7-3)8-4)39(49)34(29)36(46)27-17-13-10-14-18-27/h9-22,32,41,48-49H,5-8,23-25H2,1-4H3. The number of rotatable bonds is 13. The number of amides is 1. The molecule has 1 heterocycles. The lowest BCUT2D eigenvalue weighted by molar-refractivity contribution is 0.0567. The molecule has 0 bridgehead atoms. The van der Waals surface area contributed by atoms with E-state index in [-0.39, 0.29) is 46.8 Å². The minimum atomic E-state index is -1.08. The molecule has 1 atom stereocenters. The third-order valence-electron chi connectivity index (χ3n) is 9.35. The third-order valence-corrected chi connectivity index (χ3v) is 9.35. The van der Waals surface area contributed by atoms with Crippen molar-refractivity contribution in [1.29, 1.82) is 0 Å². The number of Topliss-reactive ketones (excluding diaryl/α,β-unsaturated/α-hetero) is 1. The van der Waals surface area contributed by atoms with Crippen LogP contribution in [0.5, 0.6) is 11.5 Å². The van der Waals surface area contributed by atoms with Crippen LogP contribution >= 0.6 is 0 Å². The molecule has 0 radical (unpaired) electrons. The van der Waals surface area contributed by atoms with Crippen molar-refractivity contribution in [2.75, 3.05) is 55.6 Å². The van der Waals surface area contributed by atoms with E-state index >= 15 is 0 Å². The van der Waals surface area contributed by atoms with Gasteiger partial charge in [0.05, 0.1) is 28.1 Å². The molecule has 5 rings (SSSR count). The van der Waals surface area contributed by atoms with Crippen LogP contribution in [0.15, 0.2) is 84.9 Å². The number of piperazine rings is 1. The van der Waals surface area contributed by atoms with Gasteiger partial charge in [0, 0.05) is 62.5 Å². The first-order valence-corrected chi connectivity index (χ1v) is 17.1. The smallest absolute Gasteiger partial charge is 0.255 e. The highest BCUT2D eigenvalue weighted by molar-refractivity contribution is 6.21. The highest BCUT2D eigenvalue weighted by Gasteiger charge is 2.38. The van der Waals surface area contributed by atoms with Gasteiger partial charge in [-0.05, 0) is 52.0 Å². The minimum Gasteiger partial charge on any atom is -0.505 e. The Morgan fingerprint density at radius 2 is 1.10 bits per heavy atom. The van der Waals surface area contributed by atoms with Crippen molar-refractivity contribution in [1.82, 2.24) is 10.2 Å². The minimum absolute atomic E-state index is 0.0147. The van der Waals surface area contributed by atoms with Crippen molar-refractivity contribution in [3.8, 4) is 11.5 Å². The molecule has 50 heavy (non-hydrogen) atoms. The maximum absolute atomic E-state index is 14.6. The normalized spacial score (nSPS) is 14.2. The van der Waals surface area contributed by atoms with E-state index in [4.69, 9.17) is 0 Å². The van der Waals surface area contributed by atoms with Crippen LogP contribution in [-0.4, -0.2) is 90.2 Å². The van der Waals surface area contributed by atoms with E-state index in [0.717, 1.165) is 0 Å². The summed E-state index contributed by atoms with van der Waals surface area (Å²) < 4.78 is 0. The molecule has 1 unspecified atom stereocenters. The van der Waals surface area contributed by atoms with Crippen LogP contribution in [0.1, 0.15) is 80.3 Å². The Hall–Kier alpha value is -5.48. The van der Waals surface area contributed by atoms with Crippen LogP contribution in [0.4, 0.5) is 11.4 Å². The van der Waals surface area contributed by atoms with E-state index in [0.29, 0.717) is 55.2 Å². The predicted molar refractivity (Wildman–Crippen MR) is 195 cm³/mol. The summed E-state index contributed by atoms with van der Waals surface area (Å²) in [5.74, 6) is -2.79. The summed E-state index contributed by atoms with van der Waals surface area (Å²) in [6.07, 6.45) is 0. The molecule has 0 saturated carbocycles. The zero-order valence-electron chi connectivity index (χ0n) is 29.0. The van der Waals surface area contributed by atoms with Crippen LogP contribution in [0.25, 0.3) is 0 Å². The predicted octanol–water partition coefficient (Wildman–Crippen LogP) is 5.55. The summed E-state index contributed by atoms with van der Waals surface area (Å²) in [4.78, 5) is 62.3. The molecule has 1 saturated heterocycles. The van der Waals surface area contributed by atoms with Crippen LogP contribution < -0.4 is 15.1 Å². The van der Waals surface area contributed by atoms with E-state index < -0.39 is 29.3 Å². The first kappa shape index (κ1) is 35.8. The number of nitrogens with one attached hydrogen (secondary N) is 1. The average Bonchev–Trinajstić information content (AvgIpc) is 3.16. The Morgan fingerprint density at radius 3 is 1.56 bits per heavy atom. The van der Waals surface area contributed by atoms with E-state index in [1.54, 1.807) is 72.8 Å². The maximum atomic E-state index is 14.6. The average molecular weight is 677 g/mol. The number of carbonyl (C=O) groups is 4. The molecule has 1 aliphatic heterocycles. The molecule has 10 heteroatoms. The van der Waals surface area contributed by atoms with Crippen molar-refractivity contribution < 1.29 is 29.4 Å². The van der Waals surface area contributed by atoms with Crippen molar-refractivity contribution in [3.63, 3.8) is 0 Å². The molecular weight excluding hydrogens is 632 g/mol. The molecule has 260 valence electrons. The van der Waals surface area contributed by atoms with Crippen LogP contribution in [0.3, 0.4) is 0 Å². The SMILES string of the molecule is CCN(CC)c1ccc(C(=O)C2CNCCN2C(=O)c2ccc(N(CC)CC)c(O)c2C(=O)c2ccccc2)c(C(=O)c2ccccc2)c1O. The van der Waals surface area contributed by atoms with Crippen molar-refractivity contribution in [2.45, 2.75) is 33.7 Å². The molecule has 3 N–H and O–H groups in total. The molecule has 1 fully saturated rings. The highest BCUT2D eigenvalue weighted by atomic mass is 16.3. The summed E-state index contributed by atoms with van der Waals surface area (Å²) in [7, 11) is 0. The van der Waals surface area contributed by atoms with Gasteiger partial charge in [0.1, 0.15) is 6.04 Å². The number of hydrogen-bond donors (Lipinski definition) is 3. The Bertz CT molecular complexity index is 1730. The second-order valence-corrected chi connectivity index (χ2v) is 12.0. The molecule has 4 aromatic carbocycles. The van der Waals surface area contributed by atoms with Crippen LogP contribution in [-0.2, 0) is 0 Å². The first-order chi connectivity index (χ1) is 24.2. The zero-order valence-corrected chi connectivity index (χ0v) is 29.0. The molecule has 1 aliphatic rings. The van der Waals surface area contributed by atoms with Gasteiger partial charge in [0.25, 0.3) is 5.91 Å². The fourth-order valence-electron chi connectivity index (χ4n) is 6.63. The van der Waals surface area contributed by atoms with Gasteiger partial charge in [-0.3, -0.25) is 19.2 Å². The lowest BCUT2D eigenvalue weighted by Crippen LogP contribution is -2.57. The molecule has 0 spiro atoms. The highest BCUT2D eigenvalue weighted by Crippen LogP contribution is 2.38. The second kappa shape index (κ2) is 15.8. The third kappa shape index (κ3) is 6.84. The number of phenols is 2. The van der Waals surface area contributed by atoms with E-state index in [9.17, 15) is 29.4 Å². The monoisotopic (exact) mass is 676 g/mol. The molecule has 10 nitrogen and oxygen atoms in total. The molecule has 4 aromatic rings. The first-order valence-electron chi connectivity index (χ1n) is 17.1. The lowest BCUT2D eigenvalue weighted by atomic mass is 9.90. The summed E-state index contributed by atoms with van der Waals surface area (Å²) in [6, 6.07) is 22.1. The molecule has 0 aliphatic carbocycles. The lowest BCUT2D eigenvalue weighted by Gasteiger charge is -2.36. The summed E-state index contributed by atoms with van der Waals surface area (Å²) in [5.41, 5.74) is 1.12. The largest absolute Gasteiger partial charge is 0.505 e. The van der Waals surface area contributed by atoms with E-state index in [1.165, 1.54) is 17.0 Å². The number of phenolic OH excluding ortho intramolecular Hbond substituents is 2. The molecule has 0 aromatic heterocycles. The fourth-order valence-corrected chi connectivity index (χ4v) is 6.63. The Kier molecular flexibility index (Phi) is 11.3. The van der Waals surface area contributed by atoms with Gasteiger partial charge in [-0.15, -0.1) is 0 Å². The number of aromatic hydroxyl groups is 2. The quantitative estimate of drug-likeness (QED) is 0.156. The molecular formula is C40H44N4O6. The van der Waals surface area contributed by atoms with E-state index in [2.05, 4.69) is 5.32 Å². The Balaban J connectivity index is 1.62. The topological polar surface area (TPSA) is 130 Å². The zero-order chi connectivity index (χ0) is 35.9. The van der Waals surface area contributed by atoms with E-state index in [1.807, 2.05) is 37.5 Å². The van der Waals surface area contributed by atoms with Crippen molar-refractivity contribution in [3.05, 3.63) is 118 Å². The Morgan fingerprint density at radius 1 is 0.660 bits per heavy atom. The maximum Gasteiger partial charge on any atom is 0.255 e.